The van der Waals surface area contributed by atoms with Crippen LogP contribution in [-0.4, -0.2) is 20.7 Å². The predicted octanol–water partition coefficient (Wildman–Crippen LogP) is 2.06. The molecule has 6 heteroatoms. The largest absolute Gasteiger partial charge is 0.494 e. The zero-order valence-electron chi connectivity index (χ0n) is 8.66. The fourth-order valence-electron chi connectivity index (χ4n) is 1.50. The molecule has 86 valence electrons. The lowest BCUT2D eigenvalue weighted by Gasteiger charge is -2.06. The Balaban J connectivity index is 2.42. The third-order valence-electron chi connectivity index (χ3n) is 2.31. The Morgan fingerprint density at radius 3 is 2.06 bits per heavy atom. The van der Waals surface area contributed by atoms with Gasteiger partial charge in [-0.25, -0.2) is 5.53 Å². The minimum atomic E-state index is -0.641. The molecule has 0 aliphatic rings. The van der Waals surface area contributed by atoms with Crippen LogP contribution in [0.4, 0.5) is 0 Å². The van der Waals surface area contributed by atoms with Crippen molar-refractivity contribution in [3.8, 4) is 17.4 Å². The fraction of sp³-hybridized carbons (Fsp3) is 0. The number of hydrogen-bond donors (Lipinski definition) is 3. The minimum absolute atomic E-state index is 0.105. The van der Waals surface area contributed by atoms with Gasteiger partial charge in [0.2, 0.25) is 0 Å². The zero-order chi connectivity index (χ0) is 12.4. The summed E-state index contributed by atoms with van der Waals surface area (Å²) in [5.74, 6) is -0.851. The van der Waals surface area contributed by atoms with Crippen molar-refractivity contribution in [3.63, 3.8) is 0 Å². The Hall–Kier alpha value is -2.63. The van der Waals surface area contributed by atoms with Gasteiger partial charge in [-0.3, -0.25) is 9.36 Å². The van der Waals surface area contributed by atoms with Gasteiger partial charge < -0.3 is 10.2 Å². The van der Waals surface area contributed by atoms with Crippen LogP contribution in [0.2, 0.25) is 0 Å². The van der Waals surface area contributed by atoms with Crippen molar-refractivity contribution >= 4 is 5.91 Å². The van der Waals surface area contributed by atoms with Gasteiger partial charge in [-0.15, -0.1) is 5.11 Å². The molecule has 0 bridgehead atoms. The lowest BCUT2D eigenvalue weighted by molar-refractivity contribution is 0.0991. The lowest BCUT2D eigenvalue weighted by atomic mass is 10.2. The number of hydrogen-bond acceptors (Lipinski definition) is 4. The van der Waals surface area contributed by atoms with Gasteiger partial charge in [-0.05, 0) is 24.3 Å². The van der Waals surface area contributed by atoms with E-state index in [2.05, 4.69) is 5.11 Å². The van der Waals surface area contributed by atoms with Gasteiger partial charge in [-0.1, -0.05) is 0 Å². The maximum atomic E-state index is 11.1. The van der Waals surface area contributed by atoms with Crippen molar-refractivity contribution in [3.05, 3.63) is 42.0 Å². The number of benzene rings is 1. The van der Waals surface area contributed by atoms with Gasteiger partial charge in [0.15, 0.2) is 11.8 Å². The van der Waals surface area contributed by atoms with Crippen LogP contribution in [0.15, 0.2) is 41.5 Å². The number of aromatic nitrogens is 1. The number of rotatable bonds is 2. The summed E-state index contributed by atoms with van der Waals surface area (Å²) in [6.45, 7) is 0. The molecule has 0 saturated heterocycles. The molecule has 3 N–H and O–H groups in total. The van der Waals surface area contributed by atoms with Crippen molar-refractivity contribution in [2.45, 2.75) is 0 Å². The molecular weight excluding hydrogens is 222 g/mol. The smallest absolute Gasteiger partial charge is 0.294 e. The molecule has 1 aromatic carbocycles. The van der Waals surface area contributed by atoms with Crippen molar-refractivity contribution < 1.29 is 15.0 Å². The number of carbonyl (C=O) groups excluding carboxylic acids is 1. The number of nitrogens with zero attached hydrogens (tertiary/aromatic N) is 2. The molecule has 0 saturated carbocycles. The summed E-state index contributed by atoms with van der Waals surface area (Å²) < 4.78 is 1.21. The molecule has 0 atom stereocenters. The number of carbonyl (C=O) groups is 1. The Kier molecular flexibility index (Phi) is 2.61. The first-order valence-electron chi connectivity index (χ1n) is 4.75. The third kappa shape index (κ3) is 1.87. The molecule has 2 rings (SSSR count). The molecule has 0 spiro atoms. The SMILES string of the molecule is N=NC(=O)c1ccc(-n2c(O)ccc2O)cc1. The average molecular weight is 231 g/mol. The van der Waals surface area contributed by atoms with Gasteiger partial charge in [-0.2, -0.15) is 0 Å². The van der Waals surface area contributed by atoms with E-state index in [1.165, 1.54) is 41.0 Å². The van der Waals surface area contributed by atoms with E-state index in [1.807, 2.05) is 0 Å². The Labute approximate surface area is 96.3 Å². The van der Waals surface area contributed by atoms with E-state index in [0.717, 1.165) is 0 Å². The first-order chi connectivity index (χ1) is 8.13. The van der Waals surface area contributed by atoms with E-state index in [1.54, 1.807) is 0 Å². The van der Waals surface area contributed by atoms with Gasteiger partial charge in [0.05, 0.1) is 5.69 Å². The molecule has 0 aliphatic carbocycles. The van der Waals surface area contributed by atoms with E-state index in [4.69, 9.17) is 5.53 Å². The summed E-state index contributed by atoms with van der Waals surface area (Å²) in [5, 5.41) is 21.8. The van der Waals surface area contributed by atoms with Crippen LogP contribution in [0, 0.1) is 5.53 Å². The Morgan fingerprint density at radius 2 is 1.59 bits per heavy atom. The van der Waals surface area contributed by atoms with Gasteiger partial charge >= 0.3 is 0 Å². The van der Waals surface area contributed by atoms with E-state index in [-0.39, 0.29) is 17.3 Å². The molecule has 1 heterocycles. The van der Waals surface area contributed by atoms with Crippen LogP contribution in [0.25, 0.3) is 5.69 Å². The molecule has 0 aliphatic heterocycles. The van der Waals surface area contributed by atoms with Crippen molar-refractivity contribution in [1.82, 2.24) is 4.57 Å². The summed E-state index contributed by atoms with van der Waals surface area (Å²) in [7, 11) is 0. The van der Waals surface area contributed by atoms with Crippen molar-refractivity contribution in [2.24, 2.45) is 5.11 Å². The summed E-state index contributed by atoms with van der Waals surface area (Å²) in [6.07, 6.45) is 0. The van der Waals surface area contributed by atoms with Crippen LogP contribution >= 0.6 is 0 Å². The number of nitrogens with one attached hydrogen (secondary N) is 1. The maximum absolute atomic E-state index is 11.1. The molecule has 1 aromatic heterocycles. The van der Waals surface area contributed by atoms with E-state index in [9.17, 15) is 15.0 Å². The second-order valence-corrected chi connectivity index (χ2v) is 3.35. The van der Waals surface area contributed by atoms with Crippen molar-refractivity contribution in [2.75, 3.05) is 0 Å². The van der Waals surface area contributed by atoms with Crippen LogP contribution in [0.5, 0.6) is 11.8 Å². The topological polar surface area (TPSA) is 98.7 Å². The monoisotopic (exact) mass is 231 g/mol. The third-order valence-corrected chi connectivity index (χ3v) is 2.31. The quantitative estimate of drug-likeness (QED) is 0.690. The summed E-state index contributed by atoms with van der Waals surface area (Å²) in [6, 6.07) is 8.72. The van der Waals surface area contributed by atoms with E-state index < -0.39 is 5.91 Å². The highest BCUT2D eigenvalue weighted by Gasteiger charge is 2.09. The minimum Gasteiger partial charge on any atom is -0.494 e. The van der Waals surface area contributed by atoms with E-state index >= 15 is 0 Å². The maximum Gasteiger partial charge on any atom is 0.294 e. The van der Waals surface area contributed by atoms with Crippen LogP contribution in [-0.2, 0) is 0 Å². The predicted molar refractivity (Wildman–Crippen MR) is 58.6 cm³/mol. The second kappa shape index (κ2) is 4.09. The van der Waals surface area contributed by atoms with E-state index in [0.29, 0.717) is 5.69 Å². The average Bonchev–Trinajstić information content (AvgIpc) is 2.68. The molecule has 0 unspecified atom stereocenters. The molecule has 17 heavy (non-hydrogen) atoms. The summed E-state index contributed by atoms with van der Waals surface area (Å²) in [4.78, 5) is 11.1. The first-order valence-corrected chi connectivity index (χ1v) is 4.75. The standard InChI is InChI=1S/C11H9N3O3/c12-13-11(17)7-1-3-8(4-2-7)14-9(15)5-6-10(14)16/h1-6,12,15-16H. The highest BCUT2D eigenvalue weighted by atomic mass is 16.3. The summed E-state index contributed by atoms with van der Waals surface area (Å²) in [5.41, 5.74) is 7.38. The molecule has 2 aromatic rings. The molecule has 6 nitrogen and oxygen atoms in total. The first kappa shape index (κ1) is 10.9. The van der Waals surface area contributed by atoms with Gasteiger partial charge in [0.1, 0.15) is 0 Å². The van der Waals surface area contributed by atoms with Crippen LogP contribution in [0.1, 0.15) is 10.4 Å². The molecule has 0 radical (unpaired) electrons. The van der Waals surface area contributed by atoms with Crippen LogP contribution in [0.3, 0.4) is 0 Å². The normalized spacial score (nSPS) is 10.1. The summed E-state index contributed by atoms with van der Waals surface area (Å²) >= 11 is 0. The fourth-order valence-corrected chi connectivity index (χ4v) is 1.50. The number of aromatic hydroxyl groups is 2. The second-order valence-electron chi connectivity index (χ2n) is 3.35. The van der Waals surface area contributed by atoms with Crippen LogP contribution < -0.4 is 0 Å². The molecular formula is C11H9N3O3. The molecule has 1 amide bonds. The highest BCUT2D eigenvalue weighted by Crippen LogP contribution is 2.26. The highest BCUT2D eigenvalue weighted by molar-refractivity contribution is 5.94. The van der Waals surface area contributed by atoms with Gasteiger partial charge in [0.25, 0.3) is 5.91 Å². The Morgan fingerprint density at radius 1 is 1.06 bits per heavy atom. The van der Waals surface area contributed by atoms with Gasteiger partial charge in [0, 0.05) is 17.7 Å². The lowest BCUT2D eigenvalue weighted by Crippen LogP contribution is -1.96. The molecule has 0 fully saturated rings. The Bertz CT molecular complexity index is 553. The number of amides is 1. The van der Waals surface area contributed by atoms with Crippen molar-refractivity contribution in [1.29, 1.82) is 5.53 Å². The zero-order valence-corrected chi connectivity index (χ0v) is 8.66.